The summed E-state index contributed by atoms with van der Waals surface area (Å²) >= 11 is 1.57. The lowest BCUT2D eigenvalue weighted by Gasteiger charge is -2.23. The zero-order valence-corrected chi connectivity index (χ0v) is 17.3. The van der Waals surface area contributed by atoms with E-state index in [2.05, 4.69) is 10.2 Å². The number of aromatic nitrogens is 2. The largest absolute Gasteiger partial charge is 0.497 e. The first-order chi connectivity index (χ1) is 14.2. The van der Waals surface area contributed by atoms with Gasteiger partial charge in [0.05, 0.1) is 14.2 Å². The van der Waals surface area contributed by atoms with Crippen LogP contribution in [0, 0.1) is 0 Å². The van der Waals surface area contributed by atoms with E-state index in [0.717, 1.165) is 35.5 Å². The Bertz CT molecular complexity index is 966. The van der Waals surface area contributed by atoms with Gasteiger partial charge in [-0.3, -0.25) is 4.79 Å². The predicted molar refractivity (Wildman–Crippen MR) is 109 cm³/mol. The third kappa shape index (κ3) is 4.59. The van der Waals surface area contributed by atoms with Crippen molar-refractivity contribution in [2.45, 2.75) is 38.3 Å². The Morgan fingerprint density at radius 2 is 2.10 bits per heavy atom. The molecule has 0 bridgehead atoms. The summed E-state index contributed by atoms with van der Waals surface area (Å²) in [6.07, 6.45) is 2.81. The van der Waals surface area contributed by atoms with Crippen molar-refractivity contribution in [3.63, 3.8) is 0 Å². The summed E-state index contributed by atoms with van der Waals surface area (Å²) < 4.78 is 16.5. The number of carbonyl (C=O) groups is 1. The maximum absolute atomic E-state index is 13.0. The highest BCUT2D eigenvalue weighted by atomic mass is 32.1. The molecule has 0 aliphatic heterocycles. The minimum Gasteiger partial charge on any atom is -0.497 e. The second-order valence-electron chi connectivity index (χ2n) is 6.94. The van der Waals surface area contributed by atoms with E-state index in [0.29, 0.717) is 31.2 Å². The van der Waals surface area contributed by atoms with Gasteiger partial charge in [0.15, 0.2) is 0 Å². The van der Waals surface area contributed by atoms with Crippen molar-refractivity contribution < 1.29 is 18.7 Å². The monoisotopic (exact) mass is 413 g/mol. The molecule has 1 saturated carbocycles. The van der Waals surface area contributed by atoms with Crippen molar-refractivity contribution in [3.8, 4) is 23.0 Å². The van der Waals surface area contributed by atoms with Gasteiger partial charge in [0.2, 0.25) is 17.7 Å². The Morgan fingerprint density at radius 3 is 2.79 bits per heavy atom. The topological polar surface area (TPSA) is 77.7 Å². The predicted octanol–water partition coefficient (Wildman–Crippen LogP) is 3.94. The molecule has 2 aromatic heterocycles. The fraction of sp³-hybridized carbons (Fsp3) is 0.381. The van der Waals surface area contributed by atoms with Crippen LogP contribution >= 0.6 is 11.3 Å². The number of rotatable bonds is 9. The van der Waals surface area contributed by atoms with Gasteiger partial charge in [-0.15, -0.1) is 10.2 Å². The number of methoxy groups -OCH3 is 2. The van der Waals surface area contributed by atoms with Crippen molar-refractivity contribution in [3.05, 3.63) is 46.5 Å². The first-order valence-electron chi connectivity index (χ1n) is 9.53. The highest BCUT2D eigenvalue weighted by molar-refractivity contribution is 7.08. The van der Waals surface area contributed by atoms with Crippen LogP contribution in [0.25, 0.3) is 11.5 Å². The van der Waals surface area contributed by atoms with E-state index < -0.39 is 0 Å². The van der Waals surface area contributed by atoms with Gasteiger partial charge in [-0.1, -0.05) is 0 Å². The number of thiophene rings is 1. The molecule has 1 fully saturated rings. The van der Waals surface area contributed by atoms with Crippen molar-refractivity contribution in [1.82, 2.24) is 15.1 Å². The Balaban J connectivity index is 1.42. The number of carbonyl (C=O) groups excluding carboxylic acids is 1. The average molecular weight is 413 g/mol. The van der Waals surface area contributed by atoms with Gasteiger partial charge in [0.25, 0.3) is 0 Å². The average Bonchev–Trinajstić information content (AvgIpc) is 3.23. The summed E-state index contributed by atoms with van der Waals surface area (Å²) in [7, 11) is 3.26. The van der Waals surface area contributed by atoms with E-state index in [9.17, 15) is 4.79 Å². The molecule has 1 aliphatic rings. The molecule has 29 heavy (non-hydrogen) atoms. The summed E-state index contributed by atoms with van der Waals surface area (Å²) in [6.45, 7) is 0.494. The molecule has 3 aromatic rings. The lowest BCUT2D eigenvalue weighted by Crippen LogP contribution is -2.33. The third-order valence-corrected chi connectivity index (χ3v) is 5.61. The SMILES string of the molecule is COc1ccc(OC)c(CN(C(=O)CCc2nnc(-c3ccsc3)o2)C2CC2)c1. The fourth-order valence-corrected chi connectivity index (χ4v) is 3.84. The van der Waals surface area contributed by atoms with Crippen LogP contribution in [-0.4, -0.2) is 41.3 Å². The summed E-state index contributed by atoms with van der Waals surface area (Å²) in [5.41, 5.74) is 1.84. The van der Waals surface area contributed by atoms with Crippen LogP contribution in [0.1, 0.15) is 30.7 Å². The van der Waals surface area contributed by atoms with Gasteiger partial charge in [-0.25, -0.2) is 0 Å². The molecule has 1 aliphatic carbocycles. The molecule has 0 N–H and O–H groups in total. The summed E-state index contributed by atoms with van der Waals surface area (Å²) in [5, 5.41) is 12.1. The second-order valence-corrected chi connectivity index (χ2v) is 7.72. The van der Waals surface area contributed by atoms with E-state index in [1.54, 1.807) is 25.6 Å². The fourth-order valence-electron chi connectivity index (χ4n) is 3.21. The standard InChI is InChI=1S/C21H23N3O4S/c1-26-17-5-6-18(27-2)15(11-17)12-24(16-3-4-16)20(25)8-7-19-22-23-21(28-19)14-9-10-29-13-14/h5-6,9-11,13,16H,3-4,7-8,12H2,1-2H3. The Hall–Kier alpha value is -2.87. The first-order valence-corrected chi connectivity index (χ1v) is 10.5. The molecule has 4 rings (SSSR count). The van der Waals surface area contributed by atoms with Crippen molar-refractivity contribution in [1.29, 1.82) is 0 Å². The Kier molecular flexibility index (Phi) is 5.80. The van der Waals surface area contributed by atoms with Crippen LogP contribution in [0.2, 0.25) is 0 Å². The zero-order chi connectivity index (χ0) is 20.2. The van der Waals surface area contributed by atoms with Crippen LogP contribution in [0.15, 0.2) is 39.4 Å². The van der Waals surface area contributed by atoms with Crippen LogP contribution in [0.3, 0.4) is 0 Å². The first kappa shape index (κ1) is 19.4. The molecule has 0 radical (unpaired) electrons. The number of amides is 1. The second kappa shape index (κ2) is 8.65. The summed E-state index contributed by atoms with van der Waals surface area (Å²) in [5.74, 6) is 2.55. The number of hydrogen-bond donors (Lipinski definition) is 0. The van der Waals surface area contributed by atoms with Crippen molar-refractivity contribution >= 4 is 17.2 Å². The Labute approximate surface area is 173 Å². The normalized spacial score (nSPS) is 13.3. The van der Waals surface area contributed by atoms with Crippen LogP contribution < -0.4 is 9.47 Å². The van der Waals surface area contributed by atoms with Crippen LogP contribution in [-0.2, 0) is 17.8 Å². The van der Waals surface area contributed by atoms with Crippen molar-refractivity contribution in [2.75, 3.05) is 14.2 Å². The third-order valence-electron chi connectivity index (χ3n) is 4.92. The number of hydrogen-bond acceptors (Lipinski definition) is 7. The van der Waals surface area contributed by atoms with E-state index >= 15 is 0 Å². The van der Waals surface area contributed by atoms with Crippen LogP contribution in [0.5, 0.6) is 11.5 Å². The van der Waals surface area contributed by atoms with Gasteiger partial charge < -0.3 is 18.8 Å². The van der Waals surface area contributed by atoms with Gasteiger partial charge in [0.1, 0.15) is 11.5 Å². The van der Waals surface area contributed by atoms with E-state index in [-0.39, 0.29) is 11.9 Å². The highest BCUT2D eigenvalue weighted by Gasteiger charge is 2.33. The molecular weight excluding hydrogens is 390 g/mol. The summed E-state index contributed by atoms with van der Waals surface area (Å²) in [6, 6.07) is 7.86. The molecule has 0 spiro atoms. The molecule has 8 heteroatoms. The van der Waals surface area contributed by atoms with Crippen molar-refractivity contribution in [2.24, 2.45) is 0 Å². The molecule has 0 saturated heterocycles. The van der Waals surface area contributed by atoms with E-state index in [4.69, 9.17) is 13.9 Å². The van der Waals surface area contributed by atoms with Gasteiger partial charge in [-0.2, -0.15) is 11.3 Å². The highest BCUT2D eigenvalue weighted by Crippen LogP contribution is 2.32. The molecule has 2 heterocycles. The smallest absolute Gasteiger partial charge is 0.248 e. The lowest BCUT2D eigenvalue weighted by atomic mass is 10.1. The van der Waals surface area contributed by atoms with Gasteiger partial charge >= 0.3 is 0 Å². The maximum atomic E-state index is 13.0. The van der Waals surface area contributed by atoms with Crippen LogP contribution in [0.4, 0.5) is 0 Å². The van der Waals surface area contributed by atoms with E-state index in [1.165, 1.54) is 0 Å². The molecule has 0 atom stereocenters. The number of ether oxygens (including phenoxy) is 2. The molecule has 1 amide bonds. The number of aryl methyl sites for hydroxylation is 1. The van der Waals surface area contributed by atoms with Gasteiger partial charge in [0, 0.05) is 41.9 Å². The van der Waals surface area contributed by atoms with E-state index in [1.807, 2.05) is 39.9 Å². The zero-order valence-electron chi connectivity index (χ0n) is 16.5. The van der Waals surface area contributed by atoms with Gasteiger partial charge in [-0.05, 0) is 42.5 Å². The maximum Gasteiger partial charge on any atom is 0.248 e. The quantitative estimate of drug-likeness (QED) is 0.529. The molecular formula is C21H23N3O4S. The Morgan fingerprint density at radius 1 is 1.24 bits per heavy atom. The minimum atomic E-state index is 0.0765. The molecule has 1 aromatic carbocycles. The molecule has 0 unspecified atom stereocenters. The summed E-state index contributed by atoms with van der Waals surface area (Å²) in [4.78, 5) is 14.9. The number of benzene rings is 1. The molecule has 7 nitrogen and oxygen atoms in total. The molecule has 152 valence electrons. The lowest BCUT2D eigenvalue weighted by molar-refractivity contribution is -0.132. The number of nitrogens with zero attached hydrogens (tertiary/aromatic N) is 3. The minimum absolute atomic E-state index is 0.0765.